The monoisotopic (exact) mass is 297 g/mol. The van der Waals surface area contributed by atoms with E-state index in [1.165, 1.54) is 0 Å². The van der Waals surface area contributed by atoms with Crippen LogP contribution in [0.3, 0.4) is 0 Å². The second-order valence-corrected chi connectivity index (χ2v) is 5.63. The number of hydrogen-bond acceptors (Lipinski definition) is 3. The van der Waals surface area contributed by atoms with Gasteiger partial charge >= 0.3 is 11.9 Å². The van der Waals surface area contributed by atoms with Crippen molar-refractivity contribution < 1.29 is 19.8 Å². The molecule has 1 unspecified atom stereocenters. The molecule has 4 N–H and O–H groups in total. The molecule has 0 bridgehead atoms. The summed E-state index contributed by atoms with van der Waals surface area (Å²) in [7, 11) is 0. The van der Waals surface area contributed by atoms with Crippen molar-refractivity contribution in [3.8, 4) is 0 Å². The van der Waals surface area contributed by atoms with Crippen LogP contribution in [0.5, 0.6) is 0 Å². The van der Waals surface area contributed by atoms with Crippen molar-refractivity contribution in [2.45, 2.75) is 24.8 Å². The van der Waals surface area contributed by atoms with Gasteiger partial charge in [-0.15, -0.1) is 0 Å². The molecule has 1 saturated carbocycles. The minimum atomic E-state index is -1.51. The Hall–Kier alpha value is -1.59. The van der Waals surface area contributed by atoms with Gasteiger partial charge in [-0.2, -0.15) is 0 Å². The first-order valence-corrected chi connectivity index (χ1v) is 6.72. The van der Waals surface area contributed by atoms with Crippen LogP contribution in [0.2, 0.25) is 5.02 Å². The molecule has 20 heavy (non-hydrogen) atoms. The third-order valence-corrected chi connectivity index (χ3v) is 4.30. The van der Waals surface area contributed by atoms with Gasteiger partial charge in [0, 0.05) is 10.9 Å². The Morgan fingerprint density at radius 2 is 2.00 bits per heavy atom. The Morgan fingerprint density at radius 1 is 1.35 bits per heavy atom. The number of carboxylic acid groups (broad SMARTS) is 2. The summed E-state index contributed by atoms with van der Waals surface area (Å²) in [5, 5.41) is 18.8. The lowest BCUT2D eigenvalue weighted by atomic mass is 9.86. The van der Waals surface area contributed by atoms with Crippen LogP contribution in [0, 0.1) is 11.8 Å². The number of carboxylic acids is 2. The summed E-state index contributed by atoms with van der Waals surface area (Å²) in [6, 6.07) is 7.15. The molecular formula is C14H16ClNO4. The summed E-state index contributed by atoms with van der Waals surface area (Å²) in [4.78, 5) is 22.3. The van der Waals surface area contributed by atoms with E-state index in [0.29, 0.717) is 17.9 Å². The van der Waals surface area contributed by atoms with Crippen LogP contribution in [-0.2, 0) is 16.0 Å². The molecule has 0 amide bonds. The summed E-state index contributed by atoms with van der Waals surface area (Å²) in [6.07, 6.45) is 0.895. The van der Waals surface area contributed by atoms with Crippen molar-refractivity contribution >= 4 is 23.5 Å². The summed E-state index contributed by atoms with van der Waals surface area (Å²) < 4.78 is 0. The highest BCUT2D eigenvalue weighted by Gasteiger charge is 2.58. The first kappa shape index (κ1) is 14.8. The van der Waals surface area contributed by atoms with E-state index in [1.54, 1.807) is 12.1 Å². The normalized spacial score (nSPS) is 23.9. The fourth-order valence-corrected chi connectivity index (χ4v) is 2.76. The molecule has 5 nitrogen and oxygen atoms in total. The van der Waals surface area contributed by atoms with Gasteiger partial charge in [0.05, 0.1) is 5.92 Å². The molecule has 108 valence electrons. The van der Waals surface area contributed by atoms with E-state index in [-0.39, 0.29) is 6.42 Å². The fraction of sp³-hybridized carbons (Fsp3) is 0.429. The Kier molecular flexibility index (Phi) is 4.01. The second kappa shape index (κ2) is 5.42. The quantitative estimate of drug-likeness (QED) is 0.743. The lowest BCUT2D eigenvalue weighted by Crippen LogP contribution is -2.51. The van der Waals surface area contributed by atoms with E-state index < -0.39 is 29.3 Å². The number of aryl methyl sites for hydroxylation is 1. The number of halogens is 1. The zero-order valence-electron chi connectivity index (χ0n) is 10.8. The van der Waals surface area contributed by atoms with Crippen LogP contribution in [0.4, 0.5) is 0 Å². The second-order valence-electron chi connectivity index (χ2n) is 5.22. The molecule has 1 fully saturated rings. The van der Waals surface area contributed by atoms with E-state index >= 15 is 0 Å². The van der Waals surface area contributed by atoms with E-state index in [1.807, 2.05) is 12.1 Å². The zero-order chi connectivity index (χ0) is 14.9. The minimum Gasteiger partial charge on any atom is -0.481 e. The van der Waals surface area contributed by atoms with E-state index in [0.717, 1.165) is 5.56 Å². The third-order valence-electron chi connectivity index (χ3n) is 3.93. The Balaban J connectivity index is 2.09. The molecule has 1 aliphatic carbocycles. The van der Waals surface area contributed by atoms with Crippen molar-refractivity contribution in [2.75, 3.05) is 0 Å². The molecule has 3 atom stereocenters. The molecule has 1 aromatic carbocycles. The van der Waals surface area contributed by atoms with Crippen LogP contribution in [0.15, 0.2) is 24.3 Å². The highest BCUT2D eigenvalue weighted by Crippen LogP contribution is 2.47. The van der Waals surface area contributed by atoms with Crippen LogP contribution in [0.1, 0.15) is 18.4 Å². The number of aliphatic carboxylic acids is 2. The number of rotatable bonds is 6. The molecule has 0 spiro atoms. The molecule has 0 heterocycles. The van der Waals surface area contributed by atoms with Gasteiger partial charge in [-0.1, -0.05) is 29.8 Å². The van der Waals surface area contributed by atoms with Crippen LogP contribution in [0.25, 0.3) is 0 Å². The lowest BCUT2D eigenvalue weighted by Gasteiger charge is -2.25. The fourth-order valence-electron chi connectivity index (χ4n) is 2.53. The maximum Gasteiger partial charge on any atom is 0.324 e. The minimum absolute atomic E-state index is 0.167. The lowest BCUT2D eigenvalue weighted by molar-refractivity contribution is -0.145. The van der Waals surface area contributed by atoms with Crippen molar-refractivity contribution in [2.24, 2.45) is 17.6 Å². The standard InChI is InChI=1S/C14H16ClNO4/c15-11-4-2-1-3-8(11)5-6-14(16,13(19)20)10-7-9(10)12(17)18/h1-4,9-10H,5-7,16H2,(H,17,18)(H,19,20)/t9-,10-,14?/m0/s1. The number of benzene rings is 1. The van der Waals surface area contributed by atoms with Gasteiger partial charge < -0.3 is 15.9 Å². The molecule has 0 radical (unpaired) electrons. The maximum atomic E-state index is 11.4. The van der Waals surface area contributed by atoms with Gasteiger partial charge in [-0.3, -0.25) is 9.59 Å². The van der Waals surface area contributed by atoms with Crippen molar-refractivity contribution in [1.29, 1.82) is 0 Å². The Morgan fingerprint density at radius 3 is 2.50 bits per heavy atom. The largest absolute Gasteiger partial charge is 0.481 e. The topological polar surface area (TPSA) is 101 Å². The number of hydrogen-bond donors (Lipinski definition) is 3. The summed E-state index contributed by atoms with van der Waals surface area (Å²) in [6.45, 7) is 0. The predicted molar refractivity (Wildman–Crippen MR) is 73.6 cm³/mol. The molecule has 6 heteroatoms. The highest BCUT2D eigenvalue weighted by molar-refractivity contribution is 6.31. The Labute approximate surface area is 121 Å². The Bertz CT molecular complexity index is 548. The molecule has 0 saturated heterocycles. The van der Waals surface area contributed by atoms with Gasteiger partial charge in [-0.05, 0) is 30.9 Å². The predicted octanol–water partition coefficient (Wildman–Crippen LogP) is 1.78. The SMILES string of the molecule is NC(CCc1ccccc1Cl)(C(=O)O)[C@H]1C[C@@H]1C(=O)O. The van der Waals surface area contributed by atoms with Crippen molar-refractivity contribution in [3.63, 3.8) is 0 Å². The van der Waals surface area contributed by atoms with E-state index in [2.05, 4.69) is 0 Å². The molecular weight excluding hydrogens is 282 g/mol. The van der Waals surface area contributed by atoms with Gasteiger partial charge in [0.2, 0.25) is 0 Å². The maximum absolute atomic E-state index is 11.4. The van der Waals surface area contributed by atoms with Gasteiger partial charge in [0.15, 0.2) is 0 Å². The highest BCUT2D eigenvalue weighted by atomic mass is 35.5. The first-order valence-electron chi connectivity index (χ1n) is 6.34. The summed E-state index contributed by atoms with van der Waals surface area (Å²) >= 11 is 6.02. The summed E-state index contributed by atoms with van der Waals surface area (Å²) in [5.74, 6) is -3.30. The van der Waals surface area contributed by atoms with Gasteiger partial charge in [0.25, 0.3) is 0 Å². The smallest absolute Gasteiger partial charge is 0.324 e. The number of carbonyl (C=O) groups is 2. The summed E-state index contributed by atoms with van der Waals surface area (Å²) in [5.41, 5.74) is 5.27. The van der Waals surface area contributed by atoms with Gasteiger partial charge in [0.1, 0.15) is 5.54 Å². The van der Waals surface area contributed by atoms with Crippen LogP contribution >= 0.6 is 11.6 Å². The molecule has 1 aromatic rings. The average Bonchev–Trinajstić information content (AvgIpc) is 3.18. The third kappa shape index (κ3) is 2.78. The number of nitrogens with two attached hydrogens (primary N) is 1. The molecule has 0 aromatic heterocycles. The molecule has 0 aliphatic heterocycles. The van der Waals surface area contributed by atoms with Crippen molar-refractivity contribution in [3.05, 3.63) is 34.9 Å². The van der Waals surface area contributed by atoms with Crippen LogP contribution < -0.4 is 5.73 Å². The first-order chi connectivity index (χ1) is 9.36. The van der Waals surface area contributed by atoms with Crippen molar-refractivity contribution in [1.82, 2.24) is 0 Å². The van der Waals surface area contributed by atoms with Crippen LogP contribution in [-0.4, -0.2) is 27.7 Å². The zero-order valence-corrected chi connectivity index (χ0v) is 11.5. The van der Waals surface area contributed by atoms with E-state index in [9.17, 15) is 14.7 Å². The molecule has 2 rings (SSSR count). The average molecular weight is 298 g/mol. The molecule has 1 aliphatic rings. The van der Waals surface area contributed by atoms with Gasteiger partial charge in [-0.25, -0.2) is 0 Å². The van der Waals surface area contributed by atoms with E-state index in [4.69, 9.17) is 22.4 Å².